The van der Waals surface area contributed by atoms with E-state index in [2.05, 4.69) is 10.3 Å². The van der Waals surface area contributed by atoms with Crippen LogP contribution in [0.15, 0.2) is 29.1 Å². The van der Waals surface area contributed by atoms with Crippen molar-refractivity contribution in [3.05, 3.63) is 62.8 Å². The van der Waals surface area contributed by atoms with Gasteiger partial charge in [-0.15, -0.1) is 0 Å². The van der Waals surface area contributed by atoms with E-state index in [0.717, 1.165) is 22.6 Å². The Balaban J connectivity index is 2.15. The second-order valence-electron chi connectivity index (χ2n) is 6.04. The summed E-state index contributed by atoms with van der Waals surface area (Å²) in [6, 6.07) is 7.37. The molecule has 1 N–H and O–H groups in total. The zero-order valence-corrected chi connectivity index (χ0v) is 14.3. The van der Waals surface area contributed by atoms with Crippen LogP contribution in [0.5, 0.6) is 0 Å². The van der Waals surface area contributed by atoms with Crippen LogP contribution >= 0.6 is 0 Å². The van der Waals surface area contributed by atoms with Gasteiger partial charge in [0.05, 0.1) is 0 Å². The van der Waals surface area contributed by atoms with Crippen LogP contribution in [-0.4, -0.2) is 21.5 Å². The van der Waals surface area contributed by atoms with Gasteiger partial charge in [-0.2, -0.15) is 0 Å². The lowest BCUT2D eigenvalue weighted by molar-refractivity contribution is 0.0938. The van der Waals surface area contributed by atoms with Crippen molar-refractivity contribution in [1.82, 2.24) is 14.9 Å². The summed E-state index contributed by atoms with van der Waals surface area (Å²) in [5, 5.41) is 2.89. The molecule has 0 bridgehead atoms. The van der Waals surface area contributed by atoms with Gasteiger partial charge in [0.25, 0.3) is 11.5 Å². The fraction of sp³-hybridized carbons (Fsp3) is 0.389. The van der Waals surface area contributed by atoms with E-state index in [-0.39, 0.29) is 23.1 Å². The number of pyridine rings is 2. The Morgan fingerprint density at radius 3 is 2.65 bits per heavy atom. The van der Waals surface area contributed by atoms with E-state index < -0.39 is 0 Å². The van der Waals surface area contributed by atoms with Crippen LogP contribution in [-0.2, 0) is 13.5 Å². The lowest BCUT2D eigenvalue weighted by Gasteiger charge is -2.15. The normalized spacial score (nSPS) is 12.0. The van der Waals surface area contributed by atoms with Crippen molar-refractivity contribution in [2.75, 3.05) is 0 Å². The van der Waals surface area contributed by atoms with Crippen molar-refractivity contribution in [3.63, 3.8) is 0 Å². The number of amides is 1. The van der Waals surface area contributed by atoms with Gasteiger partial charge in [0, 0.05) is 36.6 Å². The number of hydrogen-bond acceptors (Lipinski definition) is 3. The van der Waals surface area contributed by atoms with Crippen LogP contribution in [0.2, 0.25) is 0 Å². The highest BCUT2D eigenvalue weighted by Gasteiger charge is 2.16. The topological polar surface area (TPSA) is 64.0 Å². The highest BCUT2D eigenvalue weighted by atomic mass is 16.2. The molecule has 122 valence electrons. The Labute approximate surface area is 136 Å². The fourth-order valence-electron chi connectivity index (χ4n) is 2.52. The molecule has 0 spiro atoms. The molecule has 0 fully saturated rings. The van der Waals surface area contributed by atoms with Gasteiger partial charge in [0.2, 0.25) is 0 Å². The van der Waals surface area contributed by atoms with Gasteiger partial charge in [0.15, 0.2) is 0 Å². The summed E-state index contributed by atoms with van der Waals surface area (Å²) >= 11 is 0. The van der Waals surface area contributed by atoms with Crippen molar-refractivity contribution in [2.45, 2.75) is 40.2 Å². The smallest absolute Gasteiger partial charge is 0.263 e. The molecule has 0 radical (unpaired) electrons. The fourth-order valence-corrected chi connectivity index (χ4v) is 2.52. The SMILES string of the molecule is Cc1cccc(C[C@@H](C)NC(=O)c2cc(C)c(C)n(C)c2=O)n1. The number of nitrogens with one attached hydrogen (secondary N) is 1. The summed E-state index contributed by atoms with van der Waals surface area (Å²) in [7, 11) is 1.68. The second-order valence-corrected chi connectivity index (χ2v) is 6.04. The van der Waals surface area contributed by atoms with E-state index in [1.807, 2.05) is 45.9 Å². The zero-order valence-electron chi connectivity index (χ0n) is 14.3. The monoisotopic (exact) mass is 313 g/mol. The molecule has 0 unspecified atom stereocenters. The molecule has 2 rings (SSSR count). The maximum absolute atomic E-state index is 12.4. The van der Waals surface area contributed by atoms with E-state index in [1.165, 1.54) is 4.57 Å². The molecule has 0 saturated carbocycles. The third kappa shape index (κ3) is 3.86. The summed E-state index contributed by atoms with van der Waals surface area (Å²) < 4.78 is 1.51. The van der Waals surface area contributed by atoms with Crippen molar-refractivity contribution in [1.29, 1.82) is 0 Å². The second kappa shape index (κ2) is 6.77. The van der Waals surface area contributed by atoms with Gasteiger partial charge in [-0.05, 0) is 51.5 Å². The van der Waals surface area contributed by atoms with E-state index >= 15 is 0 Å². The lowest BCUT2D eigenvalue weighted by Crippen LogP contribution is -2.38. The first kappa shape index (κ1) is 16.9. The van der Waals surface area contributed by atoms with E-state index in [4.69, 9.17) is 0 Å². The van der Waals surface area contributed by atoms with E-state index in [0.29, 0.717) is 6.42 Å². The molecule has 0 aromatic carbocycles. The predicted octanol–water partition coefficient (Wildman–Crippen LogP) is 2.07. The average Bonchev–Trinajstić information content (AvgIpc) is 2.48. The summed E-state index contributed by atoms with van der Waals surface area (Å²) in [5.41, 5.74) is 3.56. The third-order valence-electron chi connectivity index (χ3n) is 4.05. The molecule has 2 aromatic heterocycles. The van der Waals surface area contributed by atoms with Gasteiger partial charge < -0.3 is 9.88 Å². The molecule has 5 heteroatoms. The molecule has 1 amide bonds. The molecule has 2 heterocycles. The molecule has 1 atom stereocenters. The van der Waals surface area contributed by atoms with Crippen molar-refractivity contribution < 1.29 is 4.79 Å². The van der Waals surface area contributed by atoms with Crippen molar-refractivity contribution in [3.8, 4) is 0 Å². The van der Waals surface area contributed by atoms with Gasteiger partial charge in [-0.3, -0.25) is 14.6 Å². The maximum atomic E-state index is 12.4. The van der Waals surface area contributed by atoms with Crippen LogP contribution in [0.1, 0.15) is 39.9 Å². The Kier molecular flexibility index (Phi) is 4.98. The van der Waals surface area contributed by atoms with Crippen LogP contribution in [0.25, 0.3) is 0 Å². The minimum atomic E-state index is -0.339. The third-order valence-corrected chi connectivity index (χ3v) is 4.05. The maximum Gasteiger partial charge on any atom is 0.263 e. The minimum Gasteiger partial charge on any atom is -0.349 e. The average molecular weight is 313 g/mol. The van der Waals surface area contributed by atoms with Crippen molar-refractivity contribution in [2.24, 2.45) is 7.05 Å². The molecule has 5 nitrogen and oxygen atoms in total. The number of aromatic nitrogens is 2. The van der Waals surface area contributed by atoms with Crippen LogP contribution in [0, 0.1) is 20.8 Å². The minimum absolute atomic E-state index is 0.108. The first-order chi connectivity index (χ1) is 10.8. The number of hydrogen-bond donors (Lipinski definition) is 1. The number of carbonyl (C=O) groups excluding carboxylic acids is 1. The molecule has 0 aliphatic rings. The lowest BCUT2D eigenvalue weighted by atomic mass is 10.1. The molecule has 2 aromatic rings. The standard InChI is InChI=1S/C18H23N3O2/c1-11-9-16(18(23)21(5)14(11)4)17(22)20-13(3)10-15-8-6-7-12(2)19-15/h6-9,13H,10H2,1-5H3,(H,20,22)/t13-/m1/s1. The molecule has 0 aliphatic heterocycles. The number of nitrogens with zero attached hydrogens (tertiary/aromatic N) is 2. The highest BCUT2D eigenvalue weighted by molar-refractivity contribution is 5.94. The van der Waals surface area contributed by atoms with Gasteiger partial charge in [0.1, 0.15) is 5.56 Å². The van der Waals surface area contributed by atoms with Gasteiger partial charge >= 0.3 is 0 Å². The number of rotatable bonds is 4. The largest absolute Gasteiger partial charge is 0.349 e. The molecule has 0 aliphatic carbocycles. The predicted molar refractivity (Wildman–Crippen MR) is 90.8 cm³/mol. The molecule has 23 heavy (non-hydrogen) atoms. The summed E-state index contributed by atoms with van der Waals surface area (Å²) in [6.07, 6.45) is 0.624. The summed E-state index contributed by atoms with van der Waals surface area (Å²) in [5.74, 6) is -0.339. The Morgan fingerprint density at radius 1 is 1.30 bits per heavy atom. The van der Waals surface area contributed by atoms with E-state index in [9.17, 15) is 9.59 Å². The van der Waals surface area contributed by atoms with Crippen LogP contribution in [0.3, 0.4) is 0 Å². The molecular weight excluding hydrogens is 290 g/mol. The molecule has 0 saturated heterocycles. The van der Waals surface area contributed by atoms with Crippen molar-refractivity contribution >= 4 is 5.91 Å². The quantitative estimate of drug-likeness (QED) is 0.940. The molecular formula is C18H23N3O2. The number of carbonyl (C=O) groups is 1. The first-order valence-corrected chi connectivity index (χ1v) is 7.70. The van der Waals surface area contributed by atoms with Crippen LogP contribution < -0.4 is 10.9 Å². The van der Waals surface area contributed by atoms with E-state index in [1.54, 1.807) is 13.1 Å². The zero-order chi connectivity index (χ0) is 17.1. The Morgan fingerprint density at radius 2 is 2.00 bits per heavy atom. The summed E-state index contributed by atoms with van der Waals surface area (Å²) in [4.78, 5) is 29.1. The van der Waals surface area contributed by atoms with Gasteiger partial charge in [-0.1, -0.05) is 6.07 Å². The first-order valence-electron chi connectivity index (χ1n) is 7.70. The summed E-state index contributed by atoms with van der Waals surface area (Å²) in [6.45, 7) is 7.61. The Hall–Kier alpha value is -2.43. The highest BCUT2D eigenvalue weighted by Crippen LogP contribution is 2.07. The number of aryl methyl sites for hydroxylation is 2. The van der Waals surface area contributed by atoms with Gasteiger partial charge in [-0.25, -0.2) is 0 Å². The van der Waals surface area contributed by atoms with Crippen LogP contribution in [0.4, 0.5) is 0 Å². The Bertz CT molecular complexity index is 793.